The molecule has 0 spiro atoms. The van der Waals surface area contributed by atoms with E-state index in [-0.39, 0.29) is 24.5 Å². The first-order chi connectivity index (χ1) is 8.26. The molecule has 5 nitrogen and oxygen atoms in total. The molecule has 0 aromatic rings. The fraction of sp³-hybridized carbons (Fsp3) is 0.846. The van der Waals surface area contributed by atoms with Gasteiger partial charge < -0.3 is 15.2 Å². The highest BCUT2D eigenvalue weighted by atomic mass is 16.6. The van der Waals surface area contributed by atoms with Gasteiger partial charge >= 0.3 is 12.1 Å². The Hall–Kier alpha value is -1.26. The molecule has 1 saturated carbocycles. The van der Waals surface area contributed by atoms with Gasteiger partial charge in [0.1, 0.15) is 5.60 Å². The van der Waals surface area contributed by atoms with Crippen molar-refractivity contribution in [2.75, 3.05) is 0 Å². The molecule has 2 N–H and O–H groups in total. The Bertz CT molecular complexity index is 301. The summed E-state index contributed by atoms with van der Waals surface area (Å²) in [5.41, 5.74) is -0.482. The number of amides is 1. The van der Waals surface area contributed by atoms with Crippen molar-refractivity contribution in [3.8, 4) is 0 Å². The van der Waals surface area contributed by atoms with E-state index in [0.717, 1.165) is 25.7 Å². The third kappa shape index (κ3) is 5.89. The zero-order chi connectivity index (χ0) is 13.8. The molecule has 104 valence electrons. The molecule has 1 rings (SSSR count). The average Bonchev–Trinajstić information content (AvgIpc) is 2.17. The first-order valence-corrected chi connectivity index (χ1v) is 6.47. The number of alkyl carbamates (subject to hydrolysis) is 1. The van der Waals surface area contributed by atoms with Gasteiger partial charge in [-0.2, -0.15) is 0 Å². The Morgan fingerprint density at radius 2 is 1.78 bits per heavy atom. The minimum atomic E-state index is -0.737. The molecular weight excluding hydrogens is 234 g/mol. The third-order valence-electron chi connectivity index (χ3n) is 3.03. The summed E-state index contributed by atoms with van der Waals surface area (Å²) in [6.45, 7) is 5.49. The van der Waals surface area contributed by atoms with E-state index < -0.39 is 11.6 Å². The lowest BCUT2D eigenvalue weighted by Crippen LogP contribution is -2.41. The van der Waals surface area contributed by atoms with E-state index in [2.05, 4.69) is 5.32 Å². The van der Waals surface area contributed by atoms with Crippen LogP contribution in [0.25, 0.3) is 0 Å². The molecule has 0 atom stereocenters. The number of hydrogen-bond acceptors (Lipinski definition) is 3. The van der Waals surface area contributed by atoms with Gasteiger partial charge in [-0.25, -0.2) is 4.79 Å². The molecule has 0 bridgehead atoms. The summed E-state index contributed by atoms with van der Waals surface area (Å²) < 4.78 is 5.19. The van der Waals surface area contributed by atoms with Crippen LogP contribution in [0.3, 0.4) is 0 Å². The normalized spacial score (nSPS) is 24.4. The van der Waals surface area contributed by atoms with Crippen molar-refractivity contribution in [2.24, 2.45) is 5.92 Å². The van der Waals surface area contributed by atoms with Crippen LogP contribution in [0.2, 0.25) is 0 Å². The Morgan fingerprint density at radius 3 is 2.22 bits per heavy atom. The van der Waals surface area contributed by atoms with Crippen LogP contribution in [0, 0.1) is 5.92 Å². The number of aliphatic carboxylic acids is 1. The van der Waals surface area contributed by atoms with Gasteiger partial charge in [-0.15, -0.1) is 0 Å². The number of nitrogens with one attached hydrogen (secondary N) is 1. The van der Waals surface area contributed by atoms with Crippen molar-refractivity contribution in [1.29, 1.82) is 0 Å². The fourth-order valence-electron chi connectivity index (χ4n) is 2.23. The van der Waals surface area contributed by atoms with Crippen LogP contribution < -0.4 is 5.32 Å². The molecule has 5 heteroatoms. The Kier molecular flexibility index (Phi) is 4.99. The second-order valence-corrected chi connectivity index (χ2v) is 5.96. The lowest BCUT2D eigenvalue weighted by atomic mass is 9.84. The van der Waals surface area contributed by atoms with Crippen molar-refractivity contribution in [3.05, 3.63) is 0 Å². The van der Waals surface area contributed by atoms with Gasteiger partial charge in [-0.1, -0.05) is 0 Å². The number of carboxylic acid groups (broad SMARTS) is 1. The highest BCUT2D eigenvalue weighted by Crippen LogP contribution is 2.27. The third-order valence-corrected chi connectivity index (χ3v) is 3.03. The molecule has 0 aliphatic heterocycles. The number of hydrogen-bond donors (Lipinski definition) is 2. The monoisotopic (exact) mass is 257 g/mol. The van der Waals surface area contributed by atoms with Gasteiger partial charge in [0, 0.05) is 12.5 Å². The average molecular weight is 257 g/mol. The molecule has 1 aliphatic rings. The molecule has 0 aromatic carbocycles. The lowest BCUT2D eigenvalue weighted by molar-refractivity contribution is -0.138. The van der Waals surface area contributed by atoms with E-state index in [4.69, 9.17) is 9.84 Å². The summed E-state index contributed by atoms with van der Waals surface area (Å²) in [6.07, 6.45) is 3.22. The summed E-state index contributed by atoms with van der Waals surface area (Å²) in [5, 5.41) is 11.6. The van der Waals surface area contributed by atoms with Gasteiger partial charge in [0.15, 0.2) is 0 Å². The van der Waals surface area contributed by atoms with Crippen molar-refractivity contribution in [2.45, 2.75) is 64.5 Å². The number of carbonyl (C=O) groups is 2. The minimum Gasteiger partial charge on any atom is -0.481 e. The van der Waals surface area contributed by atoms with Crippen LogP contribution in [0.15, 0.2) is 0 Å². The van der Waals surface area contributed by atoms with Gasteiger partial charge in [0.25, 0.3) is 0 Å². The first-order valence-electron chi connectivity index (χ1n) is 6.47. The molecule has 0 heterocycles. The number of rotatable bonds is 3. The van der Waals surface area contributed by atoms with Crippen LogP contribution >= 0.6 is 0 Å². The van der Waals surface area contributed by atoms with Crippen molar-refractivity contribution >= 4 is 12.1 Å². The topological polar surface area (TPSA) is 75.6 Å². The second kappa shape index (κ2) is 6.07. The Labute approximate surface area is 108 Å². The van der Waals surface area contributed by atoms with E-state index >= 15 is 0 Å². The van der Waals surface area contributed by atoms with Crippen LogP contribution in [0.4, 0.5) is 4.79 Å². The number of carboxylic acids is 1. The highest BCUT2D eigenvalue weighted by molar-refractivity contribution is 5.68. The maximum atomic E-state index is 11.6. The first kappa shape index (κ1) is 14.8. The van der Waals surface area contributed by atoms with E-state index in [1.165, 1.54) is 0 Å². The summed E-state index contributed by atoms with van der Waals surface area (Å²) in [4.78, 5) is 22.2. The van der Waals surface area contributed by atoms with Gasteiger partial charge in [-0.3, -0.25) is 4.79 Å². The standard InChI is InChI=1S/C13H23NO4/c1-13(2,3)18-12(17)14-10-6-4-9(5-7-10)8-11(15)16/h9-10H,4-8H2,1-3H3,(H,14,17)(H,15,16)/t9-,10-. The molecule has 0 unspecified atom stereocenters. The predicted molar refractivity (Wildman–Crippen MR) is 67.4 cm³/mol. The molecule has 1 amide bonds. The molecule has 1 aliphatic carbocycles. The van der Waals surface area contributed by atoms with Crippen LogP contribution in [-0.2, 0) is 9.53 Å². The summed E-state index contributed by atoms with van der Waals surface area (Å²) in [6, 6.07) is 0.116. The summed E-state index contributed by atoms with van der Waals surface area (Å²) in [5.74, 6) is -0.488. The number of carbonyl (C=O) groups excluding carboxylic acids is 1. The highest BCUT2D eigenvalue weighted by Gasteiger charge is 2.25. The van der Waals surface area contributed by atoms with Gasteiger partial charge in [0.2, 0.25) is 0 Å². The molecular formula is C13H23NO4. The predicted octanol–water partition coefficient (Wildman–Crippen LogP) is 2.54. The van der Waals surface area contributed by atoms with Crippen molar-refractivity contribution in [1.82, 2.24) is 5.32 Å². The molecule has 0 saturated heterocycles. The van der Waals surface area contributed by atoms with Crippen molar-refractivity contribution in [3.63, 3.8) is 0 Å². The molecule has 1 fully saturated rings. The van der Waals surface area contributed by atoms with Crippen molar-refractivity contribution < 1.29 is 19.4 Å². The maximum absolute atomic E-state index is 11.6. The van der Waals surface area contributed by atoms with Gasteiger partial charge in [-0.05, 0) is 52.4 Å². The summed E-state index contributed by atoms with van der Waals surface area (Å²) in [7, 11) is 0. The Balaban J connectivity index is 2.27. The van der Waals surface area contributed by atoms with Crippen LogP contribution in [-0.4, -0.2) is 28.8 Å². The largest absolute Gasteiger partial charge is 0.481 e. The zero-order valence-corrected chi connectivity index (χ0v) is 11.4. The smallest absolute Gasteiger partial charge is 0.407 e. The van der Waals surface area contributed by atoms with E-state index in [9.17, 15) is 9.59 Å². The second-order valence-electron chi connectivity index (χ2n) is 5.96. The quantitative estimate of drug-likeness (QED) is 0.814. The Morgan fingerprint density at radius 1 is 1.22 bits per heavy atom. The minimum absolute atomic E-state index is 0.116. The molecule has 0 radical (unpaired) electrons. The SMILES string of the molecule is CC(C)(C)OC(=O)N[C@H]1CC[C@H](CC(=O)O)CC1. The van der Waals surface area contributed by atoms with Crippen LogP contribution in [0.5, 0.6) is 0 Å². The molecule has 0 aromatic heterocycles. The van der Waals surface area contributed by atoms with Gasteiger partial charge in [0.05, 0.1) is 0 Å². The lowest BCUT2D eigenvalue weighted by Gasteiger charge is -2.29. The van der Waals surface area contributed by atoms with E-state index in [1.54, 1.807) is 0 Å². The number of ether oxygens (including phenoxy) is 1. The maximum Gasteiger partial charge on any atom is 0.407 e. The van der Waals surface area contributed by atoms with E-state index in [1.807, 2.05) is 20.8 Å². The van der Waals surface area contributed by atoms with E-state index in [0.29, 0.717) is 0 Å². The zero-order valence-electron chi connectivity index (χ0n) is 11.4. The summed E-state index contributed by atoms with van der Waals surface area (Å²) >= 11 is 0. The molecule has 18 heavy (non-hydrogen) atoms. The fourth-order valence-corrected chi connectivity index (χ4v) is 2.23. The van der Waals surface area contributed by atoms with Crippen LogP contribution in [0.1, 0.15) is 52.9 Å².